The maximum Gasteiger partial charge on any atom is 0.152 e. The molecule has 0 bridgehead atoms. The number of hydrogen-bond donors (Lipinski definition) is 1. The normalized spacial score (nSPS) is 19.4. The fraction of sp³-hybridized carbons (Fsp3) is 0.538. The summed E-state index contributed by atoms with van der Waals surface area (Å²) in [5, 5.41) is 3.49. The number of anilines is 1. The van der Waals surface area contributed by atoms with Gasteiger partial charge in [0.2, 0.25) is 0 Å². The molecule has 1 aromatic heterocycles. The van der Waals surface area contributed by atoms with Crippen LogP contribution in [0.1, 0.15) is 27.7 Å². The molecule has 2 heterocycles. The maximum absolute atomic E-state index is 4.74. The summed E-state index contributed by atoms with van der Waals surface area (Å²) < 4.78 is 0. The SMILES string of the molecule is CC(C)C1=Nc2cccnc2NC1C(C)C. The Balaban J connectivity index is 2.43. The predicted molar refractivity (Wildman–Crippen MR) is 68.4 cm³/mol. The van der Waals surface area contributed by atoms with Crippen molar-refractivity contribution in [1.29, 1.82) is 0 Å². The van der Waals surface area contributed by atoms with Crippen LogP contribution < -0.4 is 5.32 Å². The smallest absolute Gasteiger partial charge is 0.152 e. The minimum Gasteiger partial charge on any atom is -0.360 e. The van der Waals surface area contributed by atoms with Crippen LogP contribution in [0.4, 0.5) is 11.5 Å². The summed E-state index contributed by atoms with van der Waals surface area (Å²) in [7, 11) is 0. The largest absolute Gasteiger partial charge is 0.360 e. The van der Waals surface area contributed by atoms with Crippen LogP contribution in [0.3, 0.4) is 0 Å². The molecule has 1 aliphatic heterocycles. The monoisotopic (exact) mass is 217 g/mol. The first-order valence-corrected chi connectivity index (χ1v) is 5.89. The van der Waals surface area contributed by atoms with Gasteiger partial charge in [-0.2, -0.15) is 0 Å². The molecule has 0 spiro atoms. The van der Waals surface area contributed by atoms with Crippen LogP contribution in [0.15, 0.2) is 23.3 Å². The summed E-state index contributed by atoms with van der Waals surface area (Å²) in [6.07, 6.45) is 1.80. The molecule has 0 aromatic carbocycles. The average Bonchev–Trinajstić information content (AvgIpc) is 2.27. The number of pyridine rings is 1. The molecule has 0 fully saturated rings. The lowest BCUT2D eigenvalue weighted by atomic mass is 9.91. The van der Waals surface area contributed by atoms with Gasteiger partial charge < -0.3 is 5.32 Å². The van der Waals surface area contributed by atoms with E-state index < -0.39 is 0 Å². The molecule has 0 amide bonds. The zero-order valence-electron chi connectivity index (χ0n) is 10.4. The lowest BCUT2D eigenvalue weighted by Crippen LogP contribution is -2.39. The molecular weight excluding hydrogens is 198 g/mol. The van der Waals surface area contributed by atoms with Crippen molar-refractivity contribution >= 4 is 17.2 Å². The van der Waals surface area contributed by atoms with E-state index >= 15 is 0 Å². The Hall–Kier alpha value is -1.38. The number of hydrogen-bond acceptors (Lipinski definition) is 3. The van der Waals surface area contributed by atoms with E-state index in [1.807, 2.05) is 12.1 Å². The topological polar surface area (TPSA) is 37.3 Å². The number of rotatable bonds is 2. The van der Waals surface area contributed by atoms with Gasteiger partial charge in [-0.1, -0.05) is 27.7 Å². The van der Waals surface area contributed by atoms with Gasteiger partial charge in [0, 0.05) is 11.9 Å². The quantitative estimate of drug-likeness (QED) is 0.825. The predicted octanol–water partition coefficient (Wildman–Crippen LogP) is 3.26. The van der Waals surface area contributed by atoms with Gasteiger partial charge in [0.05, 0.1) is 6.04 Å². The maximum atomic E-state index is 4.74. The van der Waals surface area contributed by atoms with E-state index in [4.69, 9.17) is 4.99 Å². The Morgan fingerprint density at radius 2 is 2.00 bits per heavy atom. The van der Waals surface area contributed by atoms with Gasteiger partial charge in [-0.05, 0) is 24.0 Å². The van der Waals surface area contributed by atoms with Crippen LogP contribution in [0, 0.1) is 11.8 Å². The van der Waals surface area contributed by atoms with E-state index in [2.05, 4.69) is 38.0 Å². The fourth-order valence-electron chi connectivity index (χ4n) is 2.02. The molecule has 0 saturated heterocycles. The van der Waals surface area contributed by atoms with E-state index in [1.165, 1.54) is 5.71 Å². The molecule has 2 rings (SSSR count). The van der Waals surface area contributed by atoms with Crippen LogP contribution in [0.5, 0.6) is 0 Å². The van der Waals surface area contributed by atoms with Gasteiger partial charge in [0.25, 0.3) is 0 Å². The Labute approximate surface area is 97.0 Å². The molecule has 1 unspecified atom stereocenters. The first-order chi connectivity index (χ1) is 7.59. The Kier molecular flexibility index (Phi) is 2.95. The van der Waals surface area contributed by atoms with Gasteiger partial charge in [0.1, 0.15) is 5.69 Å². The summed E-state index contributed by atoms with van der Waals surface area (Å²) in [6, 6.07) is 4.24. The van der Waals surface area contributed by atoms with Crippen LogP contribution in [-0.2, 0) is 0 Å². The molecule has 0 aliphatic carbocycles. The number of nitrogens with one attached hydrogen (secondary N) is 1. The molecule has 1 aliphatic rings. The Morgan fingerprint density at radius 1 is 1.25 bits per heavy atom. The first kappa shape index (κ1) is 11.1. The van der Waals surface area contributed by atoms with Crippen molar-refractivity contribution < 1.29 is 0 Å². The molecular formula is C13H19N3. The summed E-state index contributed by atoms with van der Waals surface area (Å²) in [6.45, 7) is 8.81. The highest BCUT2D eigenvalue weighted by molar-refractivity contribution is 5.98. The standard InChI is InChI=1S/C13H19N3/c1-8(2)11-12(9(3)4)16-13-10(15-11)6-5-7-14-13/h5-9,12H,1-4H3,(H,14,16). The molecule has 3 heteroatoms. The third kappa shape index (κ3) is 1.94. The van der Waals surface area contributed by atoms with Crippen molar-refractivity contribution in [2.75, 3.05) is 5.32 Å². The lowest BCUT2D eigenvalue weighted by molar-refractivity contribution is 0.598. The Morgan fingerprint density at radius 3 is 2.62 bits per heavy atom. The van der Waals surface area contributed by atoms with Crippen LogP contribution in [0.25, 0.3) is 0 Å². The number of aliphatic imine (C=N–C) groups is 1. The molecule has 0 saturated carbocycles. The van der Waals surface area contributed by atoms with Crippen molar-refractivity contribution in [3.63, 3.8) is 0 Å². The summed E-state index contributed by atoms with van der Waals surface area (Å²) in [5.41, 5.74) is 2.19. The zero-order chi connectivity index (χ0) is 11.7. The number of aromatic nitrogens is 1. The third-order valence-electron chi connectivity index (χ3n) is 2.91. The second kappa shape index (κ2) is 4.24. The van der Waals surface area contributed by atoms with Crippen molar-refractivity contribution in [2.24, 2.45) is 16.8 Å². The third-order valence-corrected chi connectivity index (χ3v) is 2.91. The van der Waals surface area contributed by atoms with Gasteiger partial charge in [-0.15, -0.1) is 0 Å². The number of fused-ring (bicyclic) bond motifs is 1. The van der Waals surface area contributed by atoms with E-state index in [0.29, 0.717) is 17.9 Å². The minimum atomic E-state index is 0.308. The zero-order valence-corrected chi connectivity index (χ0v) is 10.4. The number of nitrogens with zero attached hydrogens (tertiary/aromatic N) is 2. The summed E-state index contributed by atoms with van der Waals surface area (Å²) in [4.78, 5) is 9.07. The van der Waals surface area contributed by atoms with E-state index in [9.17, 15) is 0 Å². The molecule has 1 N–H and O–H groups in total. The van der Waals surface area contributed by atoms with Crippen LogP contribution in [-0.4, -0.2) is 16.7 Å². The molecule has 1 atom stereocenters. The minimum absolute atomic E-state index is 0.308. The molecule has 86 valence electrons. The highest BCUT2D eigenvalue weighted by Crippen LogP contribution is 2.30. The van der Waals surface area contributed by atoms with Crippen LogP contribution in [0.2, 0.25) is 0 Å². The van der Waals surface area contributed by atoms with E-state index in [1.54, 1.807) is 6.20 Å². The van der Waals surface area contributed by atoms with Gasteiger partial charge in [-0.25, -0.2) is 4.98 Å². The highest BCUT2D eigenvalue weighted by atomic mass is 15.1. The Bertz CT molecular complexity index is 407. The van der Waals surface area contributed by atoms with Gasteiger partial charge in [0.15, 0.2) is 5.82 Å². The second-order valence-electron chi connectivity index (χ2n) is 4.93. The molecule has 3 nitrogen and oxygen atoms in total. The lowest BCUT2D eigenvalue weighted by Gasteiger charge is -2.31. The average molecular weight is 217 g/mol. The molecule has 16 heavy (non-hydrogen) atoms. The van der Waals surface area contributed by atoms with E-state index in [0.717, 1.165) is 11.5 Å². The fourth-order valence-corrected chi connectivity index (χ4v) is 2.02. The highest BCUT2D eigenvalue weighted by Gasteiger charge is 2.27. The second-order valence-corrected chi connectivity index (χ2v) is 4.93. The van der Waals surface area contributed by atoms with Crippen molar-refractivity contribution in [1.82, 2.24) is 4.98 Å². The summed E-state index contributed by atoms with van der Waals surface area (Å²) >= 11 is 0. The van der Waals surface area contributed by atoms with Crippen molar-refractivity contribution in [2.45, 2.75) is 33.7 Å². The van der Waals surface area contributed by atoms with Crippen LogP contribution >= 0.6 is 0 Å². The van der Waals surface area contributed by atoms with Gasteiger partial charge >= 0.3 is 0 Å². The molecule has 0 radical (unpaired) electrons. The van der Waals surface area contributed by atoms with Crippen molar-refractivity contribution in [3.8, 4) is 0 Å². The van der Waals surface area contributed by atoms with E-state index in [-0.39, 0.29) is 0 Å². The van der Waals surface area contributed by atoms with Gasteiger partial charge in [-0.3, -0.25) is 4.99 Å². The first-order valence-electron chi connectivity index (χ1n) is 5.89. The van der Waals surface area contributed by atoms with Crippen molar-refractivity contribution in [3.05, 3.63) is 18.3 Å². The molecule has 1 aromatic rings. The summed E-state index contributed by atoms with van der Waals surface area (Å²) in [5.74, 6) is 1.90.